The highest BCUT2D eigenvalue weighted by molar-refractivity contribution is 6.30. The van der Waals surface area contributed by atoms with Crippen LogP contribution in [-0.4, -0.2) is 42.0 Å². The lowest BCUT2D eigenvalue weighted by atomic mass is 9.93. The van der Waals surface area contributed by atoms with Crippen LogP contribution in [0.4, 0.5) is 20.6 Å². The summed E-state index contributed by atoms with van der Waals surface area (Å²) < 4.78 is 13.3. The van der Waals surface area contributed by atoms with Gasteiger partial charge in [-0.3, -0.25) is 4.79 Å². The SMILES string of the molecule is N#Cc1ccc(N2C(=O)[C@H]3[C@@H]4C[C@@H](CN(c5ccc(Cl)cc5)C4)N3C2=O)cc1CF. The van der Waals surface area contributed by atoms with Crippen LogP contribution in [0.2, 0.25) is 5.02 Å². The van der Waals surface area contributed by atoms with Crippen molar-refractivity contribution in [3.05, 3.63) is 58.6 Å². The minimum absolute atomic E-state index is 0.0277. The molecule has 0 saturated carbocycles. The lowest BCUT2D eigenvalue weighted by Gasteiger charge is -2.35. The molecule has 3 heterocycles. The van der Waals surface area contributed by atoms with Gasteiger partial charge >= 0.3 is 6.03 Å². The van der Waals surface area contributed by atoms with Gasteiger partial charge < -0.3 is 9.80 Å². The van der Waals surface area contributed by atoms with Gasteiger partial charge in [-0.2, -0.15) is 5.26 Å². The van der Waals surface area contributed by atoms with Crippen LogP contribution in [0.3, 0.4) is 0 Å². The zero-order valence-electron chi connectivity index (χ0n) is 16.0. The minimum atomic E-state index is -0.832. The summed E-state index contributed by atoms with van der Waals surface area (Å²) in [7, 11) is 0. The highest BCUT2D eigenvalue weighted by atomic mass is 35.5. The van der Waals surface area contributed by atoms with E-state index < -0.39 is 12.7 Å². The number of amides is 3. The topological polar surface area (TPSA) is 67.7 Å². The van der Waals surface area contributed by atoms with Crippen molar-refractivity contribution < 1.29 is 14.0 Å². The smallest absolute Gasteiger partial charge is 0.332 e. The first-order valence-corrected chi connectivity index (χ1v) is 10.2. The van der Waals surface area contributed by atoms with E-state index in [-0.39, 0.29) is 35.0 Å². The van der Waals surface area contributed by atoms with E-state index in [1.54, 1.807) is 4.90 Å². The maximum Gasteiger partial charge on any atom is 0.332 e. The van der Waals surface area contributed by atoms with Crippen LogP contribution >= 0.6 is 11.6 Å². The van der Waals surface area contributed by atoms with Gasteiger partial charge in [0.25, 0.3) is 5.91 Å². The van der Waals surface area contributed by atoms with E-state index in [0.717, 1.165) is 17.0 Å². The van der Waals surface area contributed by atoms with Crippen LogP contribution in [-0.2, 0) is 11.5 Å². The second-order valence-corrected chi connectivity index (χ2v) is 8.36. The maximum absolute atomic E-state index is 13.3. The molecule has 2 aromatic rings. The number of rotatable bonds is 3. The van der Waals surface area contributed by atoms with Gasteiger partial charge in [-0.1, -0.05) is 11.6 Å². The van der Waals surface area contributed by atoms with E-state index in [2.05, 4.69) is 4.90 Å². The Morgan fingerprint density at radius 1 is 1.10 bits per heavy atom. The van der Waals surface area contributed by atoms with Crippen LogP contribution < -0.4 is 9.80 Å². The molecule has 0 spiro atoms. The molecule has 5 rings (SSSR count). The molecule has 3 saturated heterocycles. The number of carbonyl (C=O) groups is 2. The molecular formula is C22H18ClFN4O2. The van der Waals surface area contributed by atoms with Crippen molar-refractivity contribution in [2.75, 3.05) is 22.9 Å². The van der Waals surface area contributed by atoms with Crippen LogP contribution in [0, 0.1) is 17.2 Å². The molecular weight excluding hydrogens is 407 g/mol. The van der Waals surface area contributed by atoms with Gasteiger partial charge in [-0.05, 0) is 48.9 Å². The number of hydrogen-bond donors (Lipinski definition) is 0. The molecule has 3 aliphatic heterocycles. The van der Waals surface area contributed by atoms with E-state index in [4.69, 9.17) is 16.9 Å². The Morgan fingerprint density at radius 3 is 2.53 bits per heavy atom. The van der Waals surface area contributed by atoms with Gasteiger partial charge in [-0.25, -0.2) is 14.1 Å². The number of halogens is 2. The van der Waals surface area contributed by atoms with Crippen LogP contribution in [0.15, 0.2) is 42.5 Å². The predicted octanol–water partition coefficient (Wildman–Crippen LogP) is 3.73. The first-order valence-electron chi connectivity index (χ1n) is 9.77. The number of benzene rings is 2. The molecule has 0 aliphatic carbocycles. The van der Waals surface area contributed by atoms with E-state index >= 15 is 0 Å². The first-order chi connectivity index (χ1) is 14.5. The fourth-order valence-corrected chi connectivity index (χ4v) is 5.10. The quantitative estimate of drug-likeness (QED) is 0.704. The second kappa shape index (κ2) is 6.99. The molecule has 2 aromatic carbocycles. The number of anilines is 2. The monoisotopic (exact) mass is 424 g/mol. The molecule has 8 heteroatoms. The number of fused-ring (bicyclic) bond motifs is 5. The molecule has 6 nitrogen and oxygen atoms in total. The van der Waals surface area contributed by atoms with Gasteiger partial charge in [0.2, 0.25) is 0 Å². The lowest BCUT2D eigenvalue weighted by molar-refractivity contribution is -0.120. The van der Waals surface area contributed by atoms with Crippen LogP contribution in [0.1, 0.15) is 17.5 Å². The number of urea groups is 1. The standard InChI is InChI=1S/C22H18ClFN4O2/c23-16-2-5-17(6-3-16)26-11-15-8-19(12-26)27-20(15)21(29)28(22(27)30)18-4-1-13(10-25)14(7-18)9-24/h1-7,15,19-20H,8-9,11-12H2/t15-,19+,20-/m1/s1. The number of imide groups is 1. The summed E-state index contributed by atoms with van der Waals surface area (Å²) in [5, 5.41) is 9.76. The number of piperidine rings is 1. The predicted molar refractivity (Wildman–Crippen MR) is 110 cm³/mol. The zero-order valence-corrected chi connectivity index (χ0v) is 16.7. The van der Waals surface area contributed by atoms with Crippen molar-refractivity contribution in [3.8, 4) is 6.07 Å². The average Bonchev–Trinajstić information content (AvgIpc) is 3.18. The number of carbonyl (C=O) groups excluding carboxylic acids is 2. The number of nitrogens with zero attached hydrogens (tertiary/aromatic N) is 4. The highest BCUT2D eigenvalue weighted by Crippen LogP contribution is 2.43. The Labute approximate surface area is 178 Å². The first kappa shape index (κ1) is 18.9. The molecule has 0 aromatic heterocycles. The summed E-state index contributed by atoms with van der Waals surface area (Å²) in [6.07, 6.45) is 0.795. The van der Waals surface area contributed by atoms with E-state index in [9.17, 15) is 14.0 Å². The normalized spacial score (nSPS) is 25.0. The summed E-state index contributed by atoms with van der Waals surface area (Å²) in [6.45, 7) is 0.487. The van der Waals surface area contributed by atoms with E-state index in [1.807, 2.05) is 30.3 Å². The third-order valence-corrected chi connectivity index (χ3v) is 6.54. The number of alkyl halides is 1. The number of hydrogen-bond acceptors (Lipinski definition) is 4. The van der Waals surface area contributed by atoms with Gasteiger partial charge in [0.15, 0.2) is 0 Å². The Kier molecular flexibility index (Phi) is 4.40. The summed E-state index contributed by atoms with van der Waals surface area (Å²) in [4.78, 5) is 31.5. The van der Waals surface area contributed by atoms with Gasteiger partial charge in [0.05, 0.1) is 23.4 Å². The van der Waals surface area contributed by atoms with Crippen molar-refractivity contribution in [2.24, 2.45) is 5.92 Å². The maximum atomic E-state index is 13.3. The Morgan fingerprint density at radius 2 is 1.83 bits per heavy atom. The third-order valence-electron chi connectivity index (χ3n) is 6.29. The average molecular weight is 425 g/mol. The molecule has 2 bridgehead atoms. The second-order valence-electron chi connectivity index (χ2n) is 7.93. The van der Waals surface area contributed by atoms with Crippen molar-refractivity contribution in [3.63, 3.8) is 0 Å². The third kappa shape index (κ3) is 2.75. The van der Waals surface area contributed by atoms with Gasteiger partial charge in [-0.15, -0.1) is 0 Å². The number of nitriles is 1. The van der Waals surface area contributed by atoms with Crippen LogP contribution in [0.25, 0.3) is 0 Å². The highest BCUT2D eigenvalue weighted by Gasteiger charge is 2.58. The zero-order chi connectivity index (χ0) is 21.0. The summed E-state index contributed by atoms with van der Waals surface area (Å²) >= 11 is 5.99. The van der Waals surface area contributed by atoms with Gasteiger partial charge in [0.1, 0.15) is 12.7 Å². The van der Waals surface area contributed by atoms with Crippen molar-refractivity contribution in [1.82, 2.24) is 4.90 Å². The largest absolute Gasteiger partial charge is 0.369 e. The summed E-state index contributed by atoms with van der Waals surface area (Å²) in [5.74, 6) is -0.250. The fourth-order valence-electron chi connectivity index (χ4n) is 4.97. The van der Waals surface area contributed by atoms with E-state index in [1.165, 1.54) is 18.2 Å². The molecule has 3 atom stereocenters. The molecule has 3 aliphatic rings. The Bertz CT molecular complexity index is 1050. The molecule has 0 radical (unpaired) electrons. The minimum Gasteiger partial charge on any atom is -0.369 e. The molecule has 3 fully saturated rings. The van der Waals surface area contributed by atoms with Crippen molar-refractivity contribution in [2.45, 2.75) is 25.2 Å². The molecule has 0 N–H and O–H groups in total. The lowest BCUT2D eigenvalue weighted by Crippen LogP contribution is -2.46. The van der Waals surface area contributed by atoms with Crippen molar-refractivity contribution in [1.29, 1.82) is 5.26 Å². The molecule has 0 unspecified atom stereocenters. The van der Waals surface area contributed by atoms with Crippen molar-refractivity contribution >= 4 is 34.9 Å². The van der Waals surface area contributed by atoms with Gasteiger partial charge in [0, 0.05) is 35.3 Å². The summed E-state index contributed by atoms with van der Waals surface area (Å²) in [5.41, 5.74) is 1.72. The van der Waals surface area contributed by atoms with E-state index in [0.29, 0.717) is 23.8 Å². The molecule has 3 amide bonds. The Hall–Kier alpha value is -3.11. The fraction of sp³-hybridized carbons (Fsp3) is 0.318. The molecule has 152 valence electrons. The Balaban J connectivity index is 1.43. The molecule has 30 heavy (non-hydrogen) atoms. The van der Waals surface area contributed by atoms with Crippen LogP contribution in [0.5, 0.6) is 0 Å². The summed E-state index contributed by atoms with van der Waals surface area (Å²) in [6, 6.07) is 13.0.